The lowest BCUT2D eigenvalue weighted by Crippen LogP contribution is -2.33. The van der Waals surface area contributed by atoms with E-state index in [1.54, 1.807) is 0 Å². The van der Waals surface area contributed by atoms with Gasteiger partial charge >= 0.3 is 0 Å². The molecule has 2 heteroatoms. The Hall–Kier alpha value is -0.0800. The molecule has 1 aliphatic rings. The first-order valence-corrected chi connectivity index (χ1v) is 8.59. The number of nitrogens with one attached hydrogen (secondary N) is 1. The van der Waals surface area contributed by atoms with Crippen molar-refractivity contribution < 1.29 is 0 Å². The summed E-state index contributed by atoms with van der Waals surface area (Å²) in [5.41, 5.74) is 6.14. The number of rotatable bonds is 11. The van der Waals surface area contributed by atoms with Crippen molar-refractivity contribution in [3.05, 3.63) is 0 Å². The van der Waals surface area contributed by atoms with Gasteiger partial charge in [0, 0.05) is 6.54 Å². The van der Waals surface area contributed by atoms with Crippen LogP contribution in [0.15, 0.2) is 0 Å². The predicted molar refractivity (Wildman–Crippen MR) is 85.4 cm³/mol. The van der Waals surface area contributed by atoms with E-state index in [9.17, 15) is 0 Å². The normalized spacial score (nSPS) is 18.3. The Balaban J connectivity index is 2.05. The van der Waals surface area contributed by atoms with Crippen molar-refractivity contribution in [1.29, 1.82) is 0 Å². The van der Waals surface area contributed by atoms with Gasteiger partial charge in [-0.05, 0) is 56.5 Å². The second-order valence-corrected chi connectivity index (χ2v) is 7.04. The van der Waals surface area contributed by atoms with Gasteiger partial charge in [-0.15, -0.1) is 0 Å². The number of hydrogen-bond donors (Lipinski definition) is 2. The van der Waals surface area contributed by atoms with Gasteiger partial charge in [-0.3, -0.25) is 0 Å². The Morgan fingerprint density at radius 1 is 1.00 bits per heavy atom. The molecule has 1 saturated carbocycles. The largest absolute Gasteiger partial charge is 0.330 e. The summed E-state index contributed by atoms with van der Waals surface area (Å²) in [7, 11) is 0. The van der Waals surface area contributed by atoms with Crippen LogP contribution in [0.3, 0.4) is 0 Å². The van der Waals surface area contributed by atoms with Crippen LogP contribution in [-0.4, -0.2) is 19.6 Å². The maximum absolute atomic E-state index is 5.50. The molecule has 0 aromatic carbocycles. The van der Waals surface area contributed by atoms with Gasteiger partial charge in [0.15, 0.2) is 0 Å². The van der Waals surface area contributed by atoms with E-state index in [2.05, 4.69) is 19.2 Å². The molecule has 19 heavy (non-hydrogen) atoms. The van der Waals surface area contributed by atoms with Gasteiger partial charge in [0.05, 0.1) is 0 Å². The molecule has 0 bridgehead atoms. The van der Waals surface area contributed by atoms with E-state index < -0.39 is 0 Å². The highest BCUT2D eigenvalue weighted by molar-refractivity contribution is 4.87. The Labute approximate surface area is 120 Å². The molecule has 0 unspecified atom stereocenters. The van der Waals surface area contributed by atoms with Crippen molar-refractivity contribution in [2.45, 2.75) is 78.1 Å². The zero-order valence-electron chi connectivity index (χ0n) is 13.3. The van der Waals surface area contributed by atoms with Gasteiger partial charge in [-0.25, -0.2) is 0 Å². The van der Waals surface area contributed by atoms with Crippen LogP contribution in [0.1, 0.15) is 78.1 Å². The maximum atomic E-state index is 5.50. The fraction of sp³-hybridized carbons (Fsp3) is 1.00. The van der Waals surface area contributed by atoms with Crippen molar-refractivity contribution in [3.63, 3.8) is 0 Å². The first-order valence-electron chi connectivity index (χ1n) is 8.59. The number of hydrogen-bond acceptors (Lipinski definition) is 2. The zero-order chi connectivity index (χ0) is 14.0. The molecule has 1 fully saturated rings. The van der Waals surface area contributed by atoms with E-state index in [1.807, 2.05) is 0 Å². The summed E-state index contributed by atoms with van der Waals surface area (Å²) in [5, 5.41) is 3.74. The van der Waals surface area contributed by atoms with E-state index in [0.29, 0.717) is 5.41 Å². The minimum absolute atomic E-state index is 0.633. The molecular formula is C17H36N2. The van der Waals surface area contributed by atoms with Gasteiger partial charge in [-0.1, -0.05) is 46.0 Å². The number of nitrogens with two attached hydrogens (primary N) is 1. The second-order valence-electron chi connectivity index (χ2n) is 7.04. The van der Waals surface area contributed by atoms with Crippen molar-refractivity contribution >= 4 is 0 Å². The molecular weight excluding hydrogens is 232 g/mol. The van der Waals surface area contributed by atoms with Crippen LogP contribution in [-0.2, 0) is 0 Å². The third-order valence-corrected chi connectivity index (χ3v) is 4.56. The quantitative estimate of drug-likeness (QED) is 0.554. The maximum Gasteiger partial charge on any atom is 0.000790 e. The fourth-order valence-electron chi connectivity index (χ4n) is 3.72. The van der Waals surface area contributed by atoms with Gasteiger partial charge in [-0.2, -0.15) is 0 Å². The van der Waals surface area contributed by atoms with Crippen molar-refractivity contribution in [3.8, 4) is 0 Å². The third kappa shape index (κ3) is 7.31. The molecule has 1 aliphatic carbocycles. The minimum Gasteiger partial charge on any atom is -0.330 e. The third-order valence-electron chi connectivity index (χ3n) is 4.56. The molecule has 0 heterocycles. The van der Waals surface area contributed by atoms with Gasteiger partial charge in [0.25, 0.3) is 0 Å². The smallest absolute Gasteiger partial charge is 0.000790 e. The molecule has 0 saturated heterocycles. The first-order chi connectivity index (χ1) is 9.18. The highest BCUT2D eigenvalue weighted by Crippen LogP contribution is 2.42. The molecule has 0 spiro atoms. The average Bonchev–Trinajstić information content (AvgIpc) is 2.80. The zero-order valence-corrected chi connectivity index (χ0v) is 13.3. The van der Waals surface area contributed by atoms with Crippen molar-refractivity contribution in [2.75, 3.05) is 19.6 Å². The molecule has 2 nitrogen and oxygen atoms in total. The number of unbranched alkanes of at least 4 members (excludes halogenated alkanes) is 4. The van der Waals surface area contributed by atoms with Crippen LogP contribution in [0.5, 0.6) is 0 Å². The lowest BCUT2D eigenvalue weighted by Gasteiger charge is -2.31. The van der Waals surface area contributed by atoms with E-state index in [-0.39, 0.29) is 0 Å². The van der Waals surface area contributed by atoms with E-state index >= 15 is 0 Å². The van der Waals surface area contributed by atoms with Crippen molar-refractivity contribution in [1.82, 2.24) is 5.32 Å². The first kappa shape index (κ1) is 17.0. The van der Waals surface area contributed by atoms with Crippen molar-refractivity contribution in [2.24, 2.45) is 17.1 Å². The lowest BCUT2D eigenvalue weighted by molar-refractivity contribution is 0.224. The molecule has 3 N–H and O–H groups in total. The lowest BCUT2D eigenvalue weighted by atomic mass is 9.78. The summed E-state index contributed by atoms with van der Waals surface area (Å²) < 4.78 is 0. The van der Waals surface area contributed by atoms with Crippen LogP contribution in [0.25, 0.3) is 0 Å². The topological polar surface area (TPSA) is 38.0 Å². The minimum atomic E-state index is 0.633. The SMILES string of the molecule is CC(C)CC1(CNCCCCCCCN)CCCC1. The molecule has 0 atom stereocenters. The monoisotopic (exact) mass is 268 g/mol. The standard InChI is InChI=1S/C17H36N2/c1-16(2)14-17(10-6-7-11-17)15-19-13-9-5-3-4-8-12-18/h16,19H,3-15,18H2,1-2H3. The average molecular weight is 268 g/mol. The highest BCUT2D eigenvalue weighted by atomic mass is 14.9. The predicted octanol–water partition coefficient (Wildman–Crippen LogP) is 4.09. The van der Waals surface area contributed by atoms with E-state index in [1.165, 1.54) is 77.3 Å². The van der Waals surface area contributed by atoms with Gasteiger partial charge in [0.2, 0.25) is 0 Å². The Kier molecular flexibility index (Phi) is 8.72. The molecule has 0 aliphatic heterocycles. The van der Waals surface area contributed by atoms with Crippen LogP contribution in [0.2, 0.25) is 0 Å². The Bertz CT molecular complexity index is 207. The summed E-state index contributed by atoms with van der Waals surface area (Å²) in [4.78, 5) is 0. The van der Waals surface area contributed by atoms with Crippen LogP contribution < -0.4 is 11.1 Å². The van der Waals surface area contributed by atoms with Gasteiger partial charge in [0.1, 0.15) is 0 Å². The molecule has 0 radical (unpaired) electrons. The highest BCUT2D eigenvalue weighted by Gasteiger charge is 2.33. The summed E-state index contributed by atoms with van der Waals surface area (Å²) in [5.74, 6) is 0.844. The molecule has 114 valence electrons. The summed E-state index contributed by atoms with van der Waals surface area (Å²) >= 11 is 0. The van der Waals surface area contributed by atoms with Gasteiger partial charge < -0.3 is 11.1 Å². The van der Waals surface area contributed by atoms with Crippen LogP contribution in [0, 0.1) is 11.3 Å². The fourth-order valence-corrected chi connectivity index (χ4v) is 3.72. The molecule has 0 amide bonds. The molecule has 1 rings (SSSR count). The van der Waals surface area contributed by atoms with Crippen LogP contribution >= 0.6 is 0 Å². The Morgan fingerprint density at radius 3 is 2.26 bits per heavy atom. The summed E-state index contributed by atoms with van der Waals surface area (Å²) in [6, 6.07) is 0. The van der Waals surface area contributed by atoms with E-state index in [0.717, 1.165) is 12.5 Å². The summed E-state index contributed by atoms with van der Waals surface area (Å²) in [6.07, 6.45) is 13.8. The van der Waals surface area contributed by atoms with Crippen LogP contribution in [0.4, 0.5) is 0 Å². The Morgan fingerprint density at radius 2 is 1.63 bits per heavy atom. The molecule has 0 aromatic heterocycles. The van der Waals surface area contributed by atoms with E-state index in [4.69, 9.17) is 5.73 Å². The summed E-state index contributed by atoms with van der Waals surface area (Å²) in [6.45, 7) is 8.07. The molecule has 0 aromatic rings. The second kappa shape index (κ2) is 9.77.